The van der Waals surface area contributed by atoms with E-state index in [9.17, 15) is 24.6 Å². The van der Waals surface area contributed by atoms with Crippen molar-refractivity contribution in [2.75, 3.05) is 5.75 Å². The van der Waals surface area contributed by atoms with Gasteiger partial charge in [-0.2, -0.15) is 0 Å². The number of thioether (sulfide) groups is 1. The Labute approximate surface area is 248 Å². The first-order valence-corrected chi connectivity index (χ1v) is 14.7. The Morgan fingerprint density at radius 2 is 1.60 bits per heavy atom. The Morgan fingerprint density at radius 3 is 2.29 bits per heavy atom. The van der Waals surface area contributed by atoms with Crippen molar-refractivity contribution in [1.29, 1.82) is 0 Å². The van der Waals surface area contributed by atoms with E-state index in [1.54, 1.807) is 12.3 Å². The Balaban J connectivity index is 1.41. The summed E-state index contributed by atoms with van der Waals surface area (Å²) in [5.74, 6) is -1.55. The van der Waals surface area contributed by atoms with Gasteiger partial charge in [0, 0.05) is 43.3 Å². The summed E-state index contributed by atoms with van der Waals surface area (Å²) >= 11 is 1.33. The number of aromatic nitrogens is 1. The number of carboxylic acids is 2. The summed E-state index contributed by atoms with van der Waals surface area (Å²) in [6, 6.07) is 18.3. The van der Waals surface area contributed by atoms with E-state index in [-0.39, 0.29) is 43.1 Å². The third kappa shape index (κ3) is 9.12. The van der Waals surface area contributed by atoms with Crippen molar-refractivity contribution in [3.8, 4) is 0 Å². The monoisotopic (exact) mass is 594 g/mol. The summed E-state index contributed by atoms with van der Waals surface area (Å²) in [7, 11) is 0. The van der Waals surface area contributed by atoms with E-state index in [1.165, 1.54) is 17.8 Å². The van der Waals surface area contributed by atoms with Crippen molar-refractivity contribution in [2.24, 2.45) is 0 Å². The number of aliphatic hydroxyl groups is 1. The Kier molecular flexibility index (Phi) is 11.5. The van der Waals surface area contributed by atoms with Gasteiger partial charge in [-0.15, -0.1) is 11.8 Å². The minimum Gasteiger partial charge on any atom is -0.481 e. The molecule has 1 amide bonds. The molecule has 10 nitrogen and oxygen atoms in total. The van der Waals surface area contributed by atoms with Gasteiger partial charge in [0.1, 0.15) is 5.03 Å². The first-order valence-electron chi connectivity index (χ1n) is 13.7. The van der Waals surface area contributed by atoms with Crippen molar-refractivity contribution in [2.45, 2.75) is 68.8 Å². The Morgan fingerprint density at radius 1 is 0.905 bits per heavy atom. The molecule has 4 rings (SSSR count). The molecule has 1 saturated heterocycles. The van der Waals surface area contributed by atoms with Crippen LogP contribution >= 0.6 is 11.8 Å². The molecule has 4 N–H and O–H groups in total. The highest BCUT2D eigenvalue weighted by atomic mass is 32.2. The number of nitrogens with zero attached hydrogens (tertiary/aromatic N) is 1. The van der Waals surface area contributed by atoms with Gasteiger partial charge < -0.3 is 30.1 Å². The van der Waals surface area contributed by atoms with Crippen molar-refractivity contribution in [1.82, 2.24) is 10.3 Å². The van der Waals surface area contributed by atoms with Gasteiger partial charge in [0.05, 0.1) is 24.4 Å². The molecule has 42 heavy (non-hydrogen) atoms. The quantitative estimate of drug-likeness (QED) is 0.150. The van der Waals surface area contributed by atoms with Crippen LogP contribution in [0.4, 0.5) is 0 Å². The number of rotatable bonds is 14. The number of nitrogens with one attached hydrogen (secondary N) is 1. The molecule has 11 heteroatoms. The van der Waals surface area contributed by atoms with Gasteiger partial charge in [-0.05, 0) is 41.7 Å². The smallest absolute Gasteiger partial charge is 0.338 e. The fourth-order valence-corrected chi connectivity index (χ4v) is 5.51. The first-order chi connectivity index (χ1) is 20.3. The highest BCUT2D eigenvalue weighted by Crippen LogP contribution is 2.39. The van der Waals surface area contributed by atoms with Crippen LogP contribution in [0.1, 0.15) is 77.1 Å². The van der Waals surface area contributed by atoms with Gasteiger partial charge in [-0.1, -0.05) is 48.5 Å². The van der Waals surface area contributed by atoms with E-state index in [0.717, 1.165) is 22.3 Å². The molecule has 1 fully saturated rings. The van der Waals surface area contributed by atoms with E-state index in [1.807, 2.05) is 48.5 Å². The zero-order chi connectivity index (χ0) is 29.9. The van der Waals surface area contributed by atoms with Crippen LogP contribution in [0, 0.1) is 0 Å². The summed E-state index contributed by atoms with van der Waals surface area (Å²) in [5, 5.41) is 30.9. The van der Waals surface area contributed by atoms with Crippen molar-refractivity contribution in [3.63, 3.8) is 0 Å². The van der Waals surface area contributed by atoms with Crippen LogP contribution in [-0.2, 0) is 32.2 Å². The van der Waals surface area contributed by atoms with Gasteiger partial charge in [0.25, 0.3) is 0 Å². The lowest BCUT2D eigenvalue weighted by Crippen LogP contribution is -2.31. The SMILES string of the molecule is O=C(O)CCCCC(=O)NCc1ccc([C@H]2O[C@@H](CSc3ncccc3C(=O)O)C[C@@H](c3ccc(CO)cc3)O2)cc1. The normalized spacial score (nSPS) is 18.4. The lowest BCUT2D eigenvalue weighted by molar-refractivity contribution is -0.245. The van der Waals surface area contributed by atoms with Crippen LogP contribution in [0.2, 0.25) is 0 Å². The number of amides is 1. The summed E-state index contributed by atoms with van der Waals surface area (Å²) in [6.07, 6.45) is 2.22. The molecule has 3 aromatic rings. The van der Waals surface area contributed by atoms with E-state index in [0.29, 0.717) is 36.6 Å². The molecular formula is C31H34N2O8S. The molecule has 0 aliphatic carbocycles. The molecule has 3 atom stereocenters. The molecule has 0 bridgehead atoms. The number of carbonyl (C=O) groups is 3. The summed E-state index contributed by atoms with van der Waals surface area (Å²) in [6.45, 7) is 0.295. The molecule has 0 spiro atoms. The van der Waals surface area contributed by atoms with Crippen LogP contribution < -0.4 is 5.32 Å². The minimum absolute atomic E-state index is 0.0513. The number of pyridine rings is 1. The number of benzene rings is 2. The van der Waals surface area contributed by atoms with Crippen LogP contribution in [0.15, 0.2) is 71.9 Å². The van der Waals surface area contributed by atoms with Gasteiger partial charge in [0.15, 0.2) is 6.29 Å². The topological polar surface area (TPSA) is 155 Å². The highest BCUT2D eigenvalue weighted by molar-refractivity contribution is 7.99. The zero-order valence-electron chi connectivity index (χ0n) is 23.0. The van der Waals surface area contributed by atoms with E-state index in [4.69, 9.17) is 14.6 Å². The van der Waals surface area contributed by atoms with Crippen molar-refractivity contribution < 1.29 is 39.2 Å². The molecule has 222 valence electrons. The molecule has 2 heterocycles. The Hall–Kier alpha value is -3.77. The molecular weight excluding hydrogens is 560 g/mol. The molecule has 0 saturated carbocycles. The third-order valence-electron chi connectivity index (χ3n) is 6.81. The molecule has 1 aliphatic heterocycles. The highest BCUT2D eigenvalue weighted by Gasteiger charge is 2.32. The maximum atomic E-state index is 12.1. The van der Waals surface area contributed by atoms with Crippen LogP contribution in [-0.4, -0.2) is 50.0 Å². The van der Waals surface area contributed by atoms with Gasteiger partial charge in [0.2, 0.25) is 5.91 Å². The third-order valence-corrected chi connectivity index (χ3v) is 7.95. The average Bonchev–Trinajstić information content (AvgIpc) is 3.01. The molecule has 1 aliphatic rings. The second kappa shape index (κ2) is 15.5. The fourth-order valence-electron chi connectivity index (χ4n) is 4.51. The number of ether oxygens (including phenoxy) is 2. The molecule has 2 aromatic carbocycles. The summed E-state index contributed by atoms with van der Waals surface area (Å²) in [5.41, 5.74) is 3.59. The summed E-state index contributed by atoms with van der Waals surface area (Å²) in [4.78, 5) is 38.6. The number of unbranched alkanes of at least 4 members (excludes halogenated alkanes) is 1. The van der Waals surface area contributed by atoms with E-state index < -0.39 is 18.2 Å². The number of carboxylic acid groups (broad SMARTS) is 2. The fraction of sp³-hybridized carbons (Fsp3) is 0.355. The lowest BCUT2D eigenvalue weighted by atomic mass is 10.0. The Bertz CT molecular complexity index is 1350. The number of aliphatic hydroxyl groups excluding tert-OH is 1. The number of hydrogen-bond acceptors (Lipinski definition) is 8. The van der Waals surface area contributed by atoms with E-state index in [2.05, 4.69) is 10.3 Å². The second-order valence-corrected chi connectivity index (χ2v) is 11.0. The number of aromatic carboxylic acids is 1. The number of hydrogen-bond donors (Lipinski definition) is 4. The molecule has 0 unspecified atom stereocenters. The molecule has 1 aromatic heterocycles. The maximum Gasteiger partial charge on any atom is 0.338 e. The summed E-state index contributed by atoms with van der Waals surface area (Å²) < 4.78 is 12.7. The van der Waals surface area contributed by atoms with Gasteiger partial charge in [-0.25, -0.2) is 9.78 Å². The van der Waals surface area contributed by atoms with Crippen LogP contribution in [0.5, 0.6) is 0 Å². The average molecular weight is 595 g/mol. The van der Waals surface area contributed by atoms with Crippen LogP contribution in [0.3, 0.4) is 0 Å². The lowest BCUT2D eigenvalue weighted by Gasteiger charge is -2.36. The standard InChI is InChI=1S/C31H34N2O8S/c34-18-21-9-11-22(12-10-21)26-16-24(19-42-29-25(30(38)39)4-3-15-32-29)40-31(41-26)23-13-7-20(8-14-23)17-33-27(35)5-1-2-6-28(36)37/h3-4,7-15,24,26,31,34H,1-2,5-6,16-19H2,(H,33,35)(H,36,37)(H,38,39)/t24-,26+,31+/m1/s1. The number of carbonyl (C=O) groups excluding carboxylic acids is 1. The zero-order valence-corrected chi connectivity index (χ0v) is 23.8. The van der Waals surface area contributed by atoms with Crippen LogP contribution in [0.25, 0.3) is 0 Å². The second-order valence-electron chi connectivity index (χ2n) is 9.94. The van der Waals surface area contributed by atoms with Gasteiger partial charge in [-0.3, -0.25) is 9.59 Å². The molecule has 0 radical (unpaired) electrons. The van der Waals surface area contributed by atoms with Crippen molar-refractivity contribution in [3.05, 3.63) is 94.7 Å². The van der Waals surface area contributed by atoms with Gasteiger partial charge >= 0.3 is 11.9 Å². The first kappa shape index (κ1) is 31.2. The predicted molar refractivity (Wildman–Crippen MR) is 155 cm³/mol. The maximum absolute atomic E-state index is 12.1. The largest absolute Gasteiger partial charge is 0.481 e. The van der Waals surface area contributed by atoms with E-state index >= 15 is 0 Å². The van der Waals surface area contributed by atoms with Crippen molar-refractivity contribution >= 4 is 29.6 Å². The number of aliphatic carboxylic acids is 1. The minimum atomic E-state index is -1.03. The predicted octanol–water partition coefficient (Wildman–Crippen LogP) is 4.87.